The Kier molecular flexibility index (Phi) is 6.36. The van der Waals surface area contributed by atoms with Gasteiger partial charge in [-0.25, -0.2) is 10.2 Å². The fourth-order valence-electron chi connectivity index (χ4n) is 3.62. The number of aromatic hydroxyl groups is 1. The Labute approximate surface area is 184 Å². The Morgan fingerprint density at radius 3 is 2.65 bits per heavy atom. The van der Waals surface area contributed by atoms with Crippen LogP contribution >= 0.6 is 0 Å². The number of carbonyl (C=O) groups is 1. The standard InChI is InChI=1S/C24H34N4O3/c1-16-13-18(11-12-20(16)31-6)28-21(14-24(5,27-28)23(2,3)4)26-22(30)25-15-17-9-7-8-10-19(17)29/h7-12,14,16,27,29H,13,15H2,1-6H3,(H2,25,26,30). The third kappa shape index (κ3) is 4.88. The van der Waals surface area contributed by atoms with Crippen LogP contribution in [0.2, 0.25) is 0 Å². The molecule has 0 radical (unpaired) electrons. The van der Waals surface area contributed by atoms with Crippen molar-refractivity contribution in [1.29, 1.82) is 0 Å². The Morgan fingerprint density at radius 2 is 2.03 bits per heavy atom. The van der Waals surface area contributed by atoms with Crippen LogP contribution in [0.15, 0.2) is 59.8 Å². The van der Waals surface area contributed by atoms with Crippen LogP contribution in [-0.2, 0) is 11.3 Å². The van der Waals surface area contributed by atoms with Gasteiger partial charge in [0.15, 0.2) is 0 Å². The molecule has 168 valence electrons. The van der Waals surface area contributed by atoms with Crippen molar-refractivity contribution in [2.24, 2.45) is 11.3 Å². The minimum Gasteiger partial charge on any atom is -0.508 e. The highest BCUT2D eigenvalue weighted by atomic mass is 16.5. The van der Waals surface area contributed by atoms with E-state index in [1.807, 2.05) is 23.2 Å². The van der Waals surface area contributed by atoms with Gasteiger partial charge in [-0.15, -0.1) is 0 Å². The van der Waals surface area contributed by atoms with Crippen molar-refractivity contribution < 1.29 is 14.6 Å². The topological polar surface area (TPSA) is 85.9 Å². The second kappa shape index (κ2) is 8.67. The lowest BCUT2D eigenvalue weighted by atomic mass is 9.76. The number of hydrogen-bond acceptors (Lipinski definition) is 5. The van der Waals surface area contributed by atoms with E-state index in [4.69, 9.17) is 4.74 Å². The van der Waals surface area contributed by atoms with E-state index in [1.165, 1.54) is 0 Å². The van der Waals surface area contributed by atoms with Crippen LogP contribution in [-0.4, -0.2) is 28.8 Å². The van der Waals surface area contributed by atoms with Gasteiger partial charge in [0.1, 0.15) is 11.6 Å². The van der Waals surface area contributed by atoms with Gasteiger partial charge in [0.25, 0.3) is 0 Å². The number of phenols is 1. The number of para-hydroxylation sites is 1. The largest absolute Gasteiger partial charge is 0.508 e. The summed E-state index contributed by atoms with van der Waals surface area (Å²) in [6.07, 6.45) is 6.85. The van der Waals surface area contributed by atoms with Crippen LogP contribution in [0.5, 0.6) is 5.75 Å². The minimum absolute atomic E-state index is 0.0879. The lowest BCUT2D eigenvalue weighted by Gasteiger charge is -2.40. The number of nitrogens with one attached hydrogen (secondary N) is 3. The molecule has 31 heavy (non-hydrogen) atoms. The molecule has 1 heterocycles. The first-order chi connectivity index (χ1) is 14.5. The molecule has 0 saturated heterocycles. The van der Waals surface area contributed by atoms with E-state index in [0.29, 0.717) is 11.4 Å². The normalized spacial score (nSPS) is 23.6. The average molecular weight is 427 g/mol. The van der Waals surface area contributed by atoms with Crippen LogP contribution in [0.1, 0.15) is 46.6 Å². The molecule has 1 aliphatic carbocycles. The van der Waals surface area contributed by atoms with E-state index in [2.05, 4.69) is 56.8 Å². The van der Waals surface area contributed by atoms with Gasteiger partial charge in [0.05, 0.1) is 18.4 Å². The summed E-state index contributed by atoms with van der Waals surface area (Å²) in [6.45, 7) is 11.0. The van der Waals surface area contributed by atoms with E-state index in [-0.39, 0.29) is 35.2 Å². The predicted molar refractivity (Wildman–Crippen MR) is 121 cm³/mol. The number of benzene rings is 1. The van der Waals surface area contributed by atoms with Gasteiger partial charge >= 0.3 is 6.03 Å². The van der Waals surface area contributed by atoms with Crippen molar-refractivity contribution >= 4 is 6.03 Å². The molecular formula is C24H34N4O3. The summed E-state index contributed by atoms with van der Waals surface area (Å²) in [5.74, 6) is 2.03. The highest BCUT2D eigenvalue weighted by Crippen LogP contribution is 2.39. The van der Waals surface area contributed by atoms with Crippen molar-refractivity contribution in [3.8, 4) is 5.75 Å². The number of urea groups is 1. The van der Waals surface area contributed by atoms with E-state index in [9.17, 15) is 9.90 Å². The molecule has 1 aromatic carbocycles. The van der Waals surface area contributed by atoms with Gasteiger partial charge in [-0.3, -0.25) is 10.3 Å². The lowest BCUT2D eigenvalue weighted by molar-refractivity contribution is 0.138. The van der Waals surface area contributed by atoms with Crippen molar-refractivity contribution in [2.45, 2.75) is 53.1 Å². The predicted octanol–water partition coefficient (Wildman–Crippen LogP) is 4.11. The number of allylic oxidation sites excluding steroid dienone is 4. The summed E-state index contributed by atoms with van der Waals surface area (Å²) in [4.78, 5) is 12.7. The van der Waals surface area contributed by atoms with Crippen LogP contribution in [0.25, 0.3) is 0 Å². The molecule has 2 aliphatic rings. The molecule has 4 N–H and O–H groups in total. The van der Waals surface area contributed by atoms with E-state index in [0.717, 1.165) is 17.9 Å². The van der Waals surface area contributed by atoms with Gasteiger partial charge in [0.2, 0.25) is 0 Å². The second-order valence-electron chi connectivity index (χ2n) is 9.40. The molecule has 7 heteroatoms. The zero-order valence-electron chi connectivity index (χ0n) is 19.2. The molecular weight excluding hydrogens is 392 g/mol. The highest BCUT2D eigenvalue weighted by molar-refractivity contribution is 5.76. The second-order valence-corrected chi connectivity index (χ2v) is 9.40. The summed E-state index contributed by atoms with van der Waals surface area (Å²) < 4.78 is 5.45. The maximum Gasteiger partial charge on any atom is 0.320 e. The lowest BCUT2D eigenvalue weighted by Crippen LogP contribution is -2.53. The number of phenolic OH excluding ortho intramolecular Hbond substituents is 1. The van der Waals surface area contributed by atoms with Crippen LogP contribution in [0.4, 0.5) is 4.79 Å². The van der Waals surface area contributed by atoms with Crippen molar-refractivity contribution in [2.75, 3.05) is 7.11 Å². The van der Waals surface area contributed by atoms with E-state index >= 15 is 0 Å². The molecule has 0 aromatic heterocycles. The summed E-state index contributed by atoms with van der Waals surface area (Å²) in [7, 11) is 1.69. The number of amides is 2. The fourth-order valence-corrected chi connectivity index (χ4v) is 3.62. The molecule has 2 amide bonds. The quantitative estimate of drug-likeness (QED) is 0.569. The Bertz CT molecular complexity index is 929. The Hall–Kier alpha value is -2.93. The maximum atomic E-state index is 12.7. The summed E-state index contributed by atoms with van der Waals surface area (Å²) in [5.41, 5.74) is 4.85. The molecule has 3 rings (SSSR count). The van der Waals surface area contributed by atoms with E-state index < -0.39 is 0 Å². The Balaban J connectivity index is 1.79. The molecule has 0 fully saturated rings. The highest BCUT2D eigenvalue weighted by Gasteiger charge is 2.44. The summed E-state index contributed by atoms with van der Waals surface area (Å²) in [6, 6.07) is 6.63. The fraction of sp³-hybridized carbons (Fsp3) is 0.458. The molecule has 0 saturated carbocycles. The number of rotatable bonds is 5. The molecule has 7 nitrogen and oxygen atoms in total. The molecule has 1 aliphatic heterocycles. The first-order valence-electron chi connectivity index (χ1n) is 10.6. The number of hydrazine groups is 1. The minimum atomic E-state index is -0.358. The zero-order valence-corrected chi connectivity index (χ0v) is 19.2. The average Bonchev–Trinajstić information content (AvgIpc) is 3.04. The first kappa shape index (κ1) is 22.7. The van der Waals surface area contributed by atoms with Crippen LogP contribution in [0, 0.1) is 11.3 Å². The molecule has 1 aromatic rings. The molecule has 2 unspecified atom stereocenters. The number of nitrogens with zero attached hydrogens (tertiary/aromatic N) is 1. The third-order valence-corrected chi connectivity index (χ3v) is 6.20. The number of methoxy groups -OCH3 is 1. The van der Waals surface area contributed by atoms with Crippen molar-refractivity contribution in [3.63, 3.8) is 0 Å². The van der Waals surface area contributed by atoms with Gasteiger partial charge < -0.3 is 15.2 Å². The summed E-state index contributed by atoms with van der Waals surface area (Å²) >= 11 is 0. The van der Waals surface area contributed by atoms with E-state index in [1.54, 1.807) is 25.3 Å². The summed E-state index contributed by atoms with van der Waals surface area (Å²) in [5, 5.41) is 17.7. The number of hydrogen-bond donors (Lipinski definition) is 4. The molecule has 2 atom stereocenters. The van der Waals surface area contributed by atoms with Crippen LogP contribution in [0.3, 0.4) is 0 Å². The first-order valence-corrected chi connectivity index (χ1v) is 10.6. The zero-order chi connectivity index (χ0) is 22.8. The number of carbonyl (C=O) groups excluding carboxylic acids is 1. The molecule has 0 bridgehead atoms. The Morgan fingerprint density at radius 1 is 1.32 bits per heavy atom. The maximum absolute atomic E-state index is 12.7. The van der Waals surface area contributed by atoms with Crippen molar-refractivity contribution in [1.82, 2.24) is 21.1 Å². The SMILES string of the molecule is COC1=CC=C(N2NC(C)(C(C)(C)C)C=C2NC(=O)NCc2ccccc2O)CC1C. The van der Waals surface area contributed by atoms with Gasteiger partial charge in [0, 0.05) is 23.7 Å². The van der Waals surface area contributed by atoms with Gasteiger partial charge in [-0.1, -0.05) is 45.9 Å². The van der Waals surface area contributed by atoms with Crippen LogP contribution < -0.4 is 16.1 Å². The monoisotopic (exact) mass is 426 g/mol. The smallest absolute Gasteiger partial charge is 0.320 e. The number of ether oxygens (including phenoxy) is 1. The van der Waals surface area contributed by atoms with Crippen molar-refractivity contribution in [3.05, 3.63) is 65.3 Å². The van der Waals surface area contributed by atoms with Gasteiger partial charge in [-0.2, -0.15) is 0 Å². The van der Waals surface area contributed by atoms with Gasteiger partial charge in [-0.05, 0) is 43.1 Å². The third-order valence-electron chi connectivity index (χ3n) is 6.20. The molecule has 0 spiro atoms.